The van der Waals surface area contributed by atoms with Gasteiger partial charge in [0.1, 0.15) is 5.82 Å². The Morgan fingerprint density at radius 2 is 2.17 bits per heavy atom. The first kappa shape index (κ1) is 16.7. The minimum atomic E-state index is -0.153. The van der Waals surface area contributed by atoms with E-state index in [0.717, 1.165) is 25.0 Å². The van der Waals surface area contributed by atoms with E-state index in [2.05, 4.69) is 15.6 Å². The maximum Gasteiger partial charge on any atom is 0.255 e. The highest BCUT2D eigenvalue weighted by Crippen LogP contribution is 2.18. The normalized spacial score (nSPS) is 16.8. The van der Waals surface area contributed by atoms with Gasteiger partial charge in [0.15, 0.2) is 0 Å². The van der Waals surface area contributed by atoms with E-state index in [-0.39, 0.29) is 12.0 Å². The summed E-state index contributed by atoms with van der Waals surface area (Å²) in [5.41, 5.74) is 1.47. The van der Waals surface area contributed by atoms with Gasteiger partial charge in [0.25, 0.3) is 5.91 Å². The third-order valence-electron chi connectivity index (χ3n) is 3.97. The van der Waals surface area contributed by atoms with E-state index in [1.165, 1.54) is 0 Å². The van der Waals surface area contributed by atoms with Gasteiger partial charge in [0.2, 0.25) is 0 Å². The summed E-state index contributed by atoms with van der Waals surface area (Å²) in [6, 6.07) is 11.1. The Bertz CT molecular complexity index is 702. The number of anilines is 1. The lowest BCUT2D eigenvalue weighted by molar-refractivity contribution is 0.0858. The van der Waals surface area contributed by atoms with Gasteiger partial charge < -0.3 is 15.4 Å². The quantitative estimate of drug-likeness (QED) is 0.843. The molecular formula is C18H20ClN3O2. The van der Waals surface area contributed by atoms with Crippen molar-refractivity contribution in [3.8, 4) is 0 Å². The second-order valence-corrected chi connectivity index (χ2v) is 6.10. The number of nitrogens with zero attached hydrogens (tertiary/aromatic N) is 1. The van der Waals surface area contributed by atoms with E-state index >= 15 is 0 Å². The van der Waals surface area contributed by atoms with Crippen LogP contribution in [0.1, 0.15) is 28.8 Å². The van der Waals surface area contributed by atoms with Crippen LogP contribution in [0.4, 0.5) is 5.82 Å². The predicted octanol–water partition coefficient (Wildman–Crippen LogP) is 3.26. The summed E-state index contributed by atoms with van der Waals surface area (Å²) < 4.78 is 5.53. The lowest BCUT2D eigenvalue weighted by Crippen LogP contribution is -2.32. The largest absolute Gasteiger partial charge is 0.376 e. The number of ether oxygens (including phenoxy) is 1. The Labute approximate surface area is 146 Å². The zero-order valence-corrected chi connectivity index (χ0v) is 14.1. The molecule has 1 saturated heterocycles. The Balaban J connectivity index is 1.63. The van der Waals surface area contributed by atoms with Gasteiger partial charge in [-0.2, -0.15) is 0 Å². The first-order valence-corrected chi connectivity index (χ1v) is 8.44. The highest BCUT2D eigenvalue weighted by atomic mass is 35.5. The van der Waals surface area contributed by atoms with Crippen LogP contribution in [0.2, 0.25) is 5.02 Å². The average Bonchev–Trinajstić information content (AvgIpc) is 3.13. The predicted molar refractivity (Wildman–Crippen MR) is 94.3 cm³/mol. The summed E-state index contributed by atoms with van der Waals surface area (Å²) in [4.78, 5) is 16.7. The Kier molecular flexibility index (Phi) is 5.67. The van der Waals surface area contributed by atoms with Crippen molar-refractivity contribution < 1.29 is 9.53 Å². The number of aromatic nitrogens is 1. The summed E-state index contributed by atoms with van der Waals surface area (Å²) >= 11 is 6.16. The molecular weight excluding hydrogens is 326 g/mol. The van der Waals surface area contributed by atoms with E-state index in [1.54, 1.807) is 18.3 Å². The fourth-order valence-electron chi connectivity index (χ4n) is 2.66. The van der Waals surface area contributed by atoms with Gasteiger partial charge in [0.05, 0.1) is 11.7 Å². The molecule has 1 atom stereocenters. The van der Waals surface area contributed by atoms with Crippen LogP contribution in [0.15, 0.2) is 42.6 Å². The summed E-state index contributed by atoms with van der Waals surface area (Å²) in [5.74, 6) is 0.391. The second kappa shape index (κ2) is 8.13. The standard InChI is InChI=1S/C18H20ClN3O2/c19-16-8-2-1-5-13(16)11-21-17-15(7-3-9-20-17)18(23)22-12-14-6-4-10-24-14/h1-3,5,7-9,14H,4,6,10-12H2,(H,20,21)(H,22,23). The maximum atomic E-state index is 12.4. The number of benzene rings is 1. The second-order valence-electron chi connectivity index (χ2n) is 5.69. The van der Waals surface area contributed by atoms with Crippen molar-refractivity contribution in [1.82, 2.24) is 10.3 Å². The minimum absolute atomic E-state index is 0.116. The highest BCUT2D eigenvalue weighted by molar-refractivity contribution is 6.31. The van der Waals surface area contributed by atoms with Gasteiger partial charge in [0, 0.05) is 30.9 Å². The smallest absolute Gasteiger partial charge is 0.255 e. The van der Waals surface area contributed by atoms with Crippen LogP contribution >= 0.6 is 11.6 Å². The topological polar surface area (TPSA) is 63.2 Å². The number of halogens is 1. The molecule has 5 nitrogen and oxygen atoms in total. The van der Waals surface area contributed by atoms with Crippen molar-refractivity contribution in [3.63, 3.8) is 0 Å². The SMILES string of the molecule is O=C(NCC1CCCO1)c1cccnc1NCc1ccccc1Cl. The van der Waals surface area contributed by atoms with E-state index in [1.807, 2.05) is 24.3 Å². The maximum absolute atomic E-state index is 12.4. The van der Waals surface area contributed by atoms with Crippen LogP contribution in [0.3, 0.4) is 0 Å². The molecule has 2 aromatic rings. The molecule has 1 fully saturated rings. The fourth-order valence-corrected chi connectivity index (χ4v) is 2.86. The average molecular weight is 346 g/mol. The number of nitrogens with one attached hydrogen (secondary N) is 2. The van der Waals surface area contributed by atoms with E-state index in [0.29, 0.717) is 29.5 Å². The number of rotatable bonds is 6. The van der Waals surface area contributed by atoms with Gasteiger partial charge in [-0.1, -0.05) is 29.8 Å². The molecule has 1 amide bonds. The van der Waals surface area contributed by atoms with Gasteiger partial charge in [-0.05, 0) is 36.6 Å². The van der Waals surface area contributed by atoms with E-state index in [9.17, 15) is 4.79 Å². The molecule has 0 aliphatic carbocycles. The number of hydrogen-bond acceptors (Lipinski definition) is 4. The zero-order chi connectivity index (χ0) is 16.8. The molecule has 2 N–H and O–H groups in total. The summed E-state index contributed by atoms with van der Waals surface area (Å²) in [5, 5.41) is 6.80. The van der Waals surface area contributed by atoms with Gasteiger partial charge in [-0.15, -0.1) is 0 Å². The Hall–Kier alpha value is -2.11. The molecule has 2 heterocycles. The molecule has 24 heavy (non-hydrogen) atoms. The van der Waals surface area contributed by atoms with Crippen molar-refractivity contribution in [1.29, 1.82) is 0 Å². The molecule has 0 bridgehead atoms. The molecule has 1 aromatic carbocycles. The van der Waals surface area contributed by atoms with Gasteiger partial charge >= 0.3 is 0 Å². The lowest BCUT2D eigenvalue weighted by Gasteiger charge is -2.14. The monoisotopic (exact) mass is 345 g/mol. The number of carbonyl (C=O) groups is 1. The third kappa shape index (κ3) is 4.24. The lowest BCUT2D eigenvalue weighted by atomic mass is 10.2. The molecule has 3 rings (SSSR count). The van der Waals surface area contributed by atoms with Crippen molar-refractivity contribution >= 4 is 23.3 Å². The number of pyridine rings is 1. The number of carbonyl (C=O) groups excluding carboxylic acids is 1. The molecule has 1 aromatic heterocycles. The van der Waals surface area contributed by atoms with Crippen molar-refractivity contribution in [3.05, 3.63) is 58.7 Å². The van der Waals surface area contributed by atoms with Crippen LogP contribution < -0.4 is 10.6 Å². The molecule has 1 aliphatic rings. The molecule has 0 radical (unpaired) electrons. The van der Waals surface area contributed by atoms with E-state index in [4.69, 9.17) is 16.3 Å². The molecule has 1 unspecified atom stereocenters. The number of amides is 1. The highest BCUT2D eigenvalue weighted by Gasteiger charge is 2.18. The van der Waals surface area contributed by atoms with E-state index < -0.39 is 0 Å². The van der Waals surface area contributed by atoms with Crippen LogP contribution in [-0.2, 0) is 11.3 Å². The van der Waals surface area contributed by atoms with Gasteiger partial charge in [-0.3, -0.25) is 4.79 Å². The molecule has 6 heteroatoms. The Morgan fingerprint density at radius 1 is 1.29 bits per heavy atom. The van der Waals surface area contributed by atoms with Crippen molar-refractivity contribution in [2.75, 3.05) is 18.5 Å². The molecule has 0 spiro atoms. The summed E-state index contributed by atoms with van der Waals surface area (Å²) in [7, 11) is 0. The first-order valence-electron chi connectivity index (χ1n) is 8.06. The fraction of sp³-hybridized carbons (Fsp3) is 0.333. The minimum Gasteiger partial charge on any atom is -0.376 e. The van der Waals surface area contributed by atoms with Crippen LogP contribution in [-0.4, -0.2) is 30.1 Å². The van der Waals surface area contributed by atoms with Gasteiger partial charge in [-0.25, -0.2) is 4.98 Å². The number of hydrogen-bond donors (Lipinski definition) is 2. The van der Waals surface area contributed by atoms with Crippen molar-refractivity contribution in [2.24, 2.45) is 0 Å². The zero-order valence-electron chi connectivity index (χ0n) is 13.3. The van der Waals surface area contributed by atoms with Crippen LogP contribution in [0, 0.1) is 0 Å². The summed E-state index contributed by atoms with van der Waals surface area (Å²) in [6.45, 7) is 1.80. The first-order chi connectivity index (χ1) is 11.7. The van der Waals surface area contributed by atoms with Crippen LogP contribution in [0.5, 0.6) is 0 Å². The van der Waals surface area contributed by atoms with Crippen molar-refractivity contribution in [2.45, 2.75) is 25.5 Å². The molecule has 1 aliphatic heterocycles. The molecule has 0 saturated carbocycles. The van der Waals surface area contributed by atoms with Crippen LogP contribution in [0.25, 0.3) is 0 Å². The third-order valence-corrected chi connectivity index (χ3v) is 4.34. The Morgan fingerprint density at radius 3 is 2.96 bits per heavy atom. The molecule has 126 valence electrons. The summed E-state index contributed by atoms with van der Waals surface area (Å²) in [6.07, 6.45) is 3.82.